The van der Waals surface area contributed by atoms with Gasteiger partial charge in [-0.05, 0) is 19.1 Å². The lowest BCUT2D eigenvalue weighted by molar-refractivity contribution is 0.0687. The third-order valence-corrected chi connectivity index (χ3v) is 4.43. The minimum absolute atomic E-state index is 0.149. The van der Waals surface area contributed by atoms with Crippen molar-refractivity contribution in [2.45, 2.75) is 13.8 Å². The second kappa shape index (κ2) is 4.38. The smallest absolute Gasteiger partial charge is 0.356 e. The summed E-state index contributed by atoms with van der Waals surface area (Å²) in [7, 11) is 0. The van der Waals surface area contributed by atoms with Gasteiger partial charge in [0.15, 0.2) is 11.5 Å². The molecule has 0 aliphatic heterocycles. The molecule has 0 aliphatic rings. The Kier molecular flexibility index (Phi) is 3.08. The van der Waals surface area contributed by atoms with Crippen LogP contribution in [0.3, 0.4) is 0 Å². The van der Waals surface area contributed by atoms with Crippen molar-refractivity contribution in [2.24, 2.45) is 0 Å². The van der Waals surface area contributed by atoms with E-state index in [1.54, 1.807) is 0 Å². The monoisotopic (exact) mass is 267 g/mol. The van der Waals surface area contributed by atoms with Gasteiger partial charge in [0.1, 0.15) is 9.88 Å². The second-order valence-electron chi connectivity index (χ2n) is 3.47. The van der Waals surface area contributed by atoms with Crippen LogP contribution in [0.5, 0.6) is 0 Å². The number of carboxylic acid groups (broad SMARTS) is 1. The van der Waals surface area contributed by atoms with Gasteiger partial charge in [0.25, 0.3) is 0 Å². The molecule has 0 aliphatic carbocycles. The van der Waals surface area contributed by atoms with Gasteiger partial charge in [-0.1, -0.05) is 0 Å². The van der Waals surface area contributed by atoms with Crippen LogP contribution in [-0.4, -0.2) is 21.8 Å². The number of nitrogens with zero attached hydrogens (tertiary/aromatic N) is 1. The van der Waals surface area contributed by atoms with E-state index < -0.39 is 5.97 Å². The molecule has 2 heterocycles. The van der Waals surface area contributed by atoms with E-state index in [1.165, 1.54) is 18.3 Å². The molecule has 88 valence electrons. The van der Waals surface area contributed by atoms with Crippen molar-refractivity contribution in [3.8, 4) is 9.88 Å². The Morgan fingerprint density at radius 1 is 1.29 bits per heavy atom. The fourth-order valence-corrected chi connectivity index (χ4v) is 3.23. The molecule has 0 bridgehead atoms. The number of ketones is 1. The summed E-state index contributed by atoms with van der Waals surface area (Å²) in [4.78, 5) is 28.5. The van der Waals surface area contributed by atoms with Crippen molar-refractivity contribution < 1.29 is 14.7 Å². The summed E-state index contributed by atoms with van der Waals surface area (Å²) in [5.74, 6) is -1.43. The quantitative estimate of drug-likeness (QED) is 0.868. The van der Waals surface area contributed by atoms with E-state index in [4.69, 9.17) is 5.11 Å². The molecule has 4 nitrogen and oxygen atoms in total. The van der Waals surface area contributed by atoms with Crippen molar-refractivity contribution in [3.63, 3.8) is 0 Å². The van der Waals surface area contributed by atoms with E-state index in [-0.39, 0.29) is 16.4 Å². The minimum Gasteiger partial charge on any atom is -0.476 e. The van der Waals surface area contributed by atoms with Crippen LogP contribution in [0.2, 0.25) is 0 Å². The number of aromatic nitrogens is 1. The van der Waals surface area contributed by atoms with E-state index >= 15 is 0 Å². The SMILES string of the molecule is CC(=O)c1sc(-c2ccc(C)s2)nc1C(=O)O. The van der Waals surface area contributed by atoms with E-state index in [1.807, 2.05) is 19.1 Å². The molecule has 17 heavy (non-hydrogen) atoms. The first-order valence-corrected chi connectivity index (χ1v) is 6.44. The zero-order chi connectivity index (χ0) is 12.6. The number of rotatable bonds is 3. The summed E-state index contributed by atoms with van der Waals surface area (Å²) in [5.41, 5.74) is -0.149. The van der Waals surface area contributed by atoms with E-state index in [0.29, 0.717) is 5.01 Å². The van der Waals surface area contributed by atoms with Crippen LogP contribution in [0.1, 0.15) is 32.0 Å². The lowest BCUT2D eigenvalue weighted by Gasteiger charge is -1.89. The predicted octanol–water partition coefficient (Wildman–Crippen LogP) is 3.08. The highest BCUT2D eigenvalue weighted by atomic mass is 32.1. The Bertz CT molecular complexity index is 566. The Hall–Kier alpha value is -1.53. The maximum absolute atomic E-state index is 11.3. The van der Waals surface area contributed by atoms with Crippen molar-refractivity contribution in [2.75, 3.05) is 0 Å². The Balaban J connectivity index is 2.54. The van der Waals surface area contributed by atoms with Crippen molar-refractivity contribution in [3.05, 3.63) is 27.6 Å². The van der Waals surface area contributed by atoms with Crippen LogP contribution >= 0.6 is 22.7 Å². The first-order valence-electron chi connectivity index (χ1n) is 4.81. The van der Waals surface area contributed by atoms with Crippen LogP contribution in [0.4, 0.5) is 0 Å². The minimum atomic E-state index is -1.16. The van der Waals surface area contributed by atoms with Gasteiger partial charge in [0.2, 0.25) is 0 Å². The van der Waals surface area contributed by atoms with Crippen molar-refractivity contribution in [1.29, 1.82) is 0 Å². The largest absolute Gasteiger partial charge is 0.476 e. The summed E-state index contributed by atoms with van der Waals surface area (Å²) in [6.45, 7) is 3.31. The molecule has 2 aromatic rings. The molecule has 1 N–H and O–H groups in total. The molecule has 0 radical (unpaired) electrons. The number of thiazole rings is 1. The maximum Gasteiger partial charge on any atom is 0.356 e. The first-order chi connectivity index (χ1) is 7.99. The lowest BCUT2D eigenvalue weighted by atomic mass is 10.3. The number of carboxylic acids is 1. The molecule has 0 spiro atoms. The summed E-state index contributed by atoms with van der Waals surface area (Å²) < 4.78 is 0. The molecule has 6 heteroatoms. The zero-order valence-electron chi connectivity index (χ0n) is 9.18. The van der Waals surface area contributed by atoms with Gasteiger partial charge in [0.05, 0.1) is 4.88 Å². The molecular formula is C11H9NO3S2. The molecule has 0 unspecified atom stereocenters. The maximum atomic E-state index is 11.3. The van der Waals surface area contributed by atoms with Crippen LogP contribution in [0.25, 0.3) is 9.88 Å². The van der Waals surface area contributed by atoms with Crippen LogP contribution in [-0.2, 0) is 0 Å². The van der Waals surface area contributed by atoms with Gasteiger partial charge < -0.3 is 5.11 Å². The molecule has 0 saturated heterocycles. The molecule has 0 amide bonds. The second-order valence-corrected chi connectivity index (χ2v) is 5.76. The van der Waals surface area contributed by atoms with E-state index in [0.717, 1.165) is 21.1 Å². The normalized spacial score (nSPS) is 10.5. The number of Topliss-reactive ketones (excluding diaryl/α,β-unsaturated/α-hetero) is 1. The molecule has 0 atom stereocenters. The third kappa shape index (κ3) is 2.27. The molecular weight excluding hydrogens is 258 g/mol. The van der Waals surface area contributed by atoms with Gasteiger partial charge in [0, 0.05) is 11.8 Å². The summed E-state index contributed by atoms with van der Waals surface area (Å²) >= 11 is 2.66. The fraction of sp³-hybridized carbons (Fsp3) is 0.182. The van der Waals surface area contributed by atoms with Crippen LogP contribution in [0, 0.1) is 6.92 Å². The first kappa shape index (κ1) is 11.9. The number of carbonyl (C=O) groups excluding carboxylic acids is 1. The molecule has 0 saturated carbocycles. The number of carbonyl (C=O) groups is 2. The van der Waals surface area contributed by atoms with Gasteiger partial charge in [-0.25, -0.2) is 9.78 Å². The molecule has 0 fully saturated rings. The lowest BCUT2D eigenvalue weighted by Crippen LogP contribution is -2.03. The summed E-state index contributed by atoms with van der Waals surface area (Å²) in [6.07, 6.45) is 0. The van der Waals surface area contributed by atoms with Crippen molar-refractivity contribution in [1.82, 2.24) is 4.98 Å². The number of hydrogen-bond donors (Lipinski definition) is 1. The molecule has 2 aromatic heterocycles. The average molecular weight is 267 g/mol. The number of hydrogen-bond acceptors (Lipinski definition) is 5. The third-order valence-electron chi connectivity index (χ3n) is 2.10. The summed E-state index contributed by atoms with van der Waals surface area (Å²) in [5, 5.41) is 9.56. The topological polar surface area (TPSA) is 67.3 Å². The molecule has 0 aromatic carbocycles. The number of thiophene rings is 1. The van der Waals surface area contributed by atoms with Gasteiger partial charge in [-0.15, -0.1) is 22.7 Å². The number of aromatic carboxylic acids is 1. The fourth-order valence-electron chi connectivity index (χ4n) is 1.36. The number of aryl methyl sites for hydroxylation is 1. The molecule has 2 rings (SSSR count). The average Bonchev–Trinajstić information content (AvgIpc) is 2.82. The zero-order valence-corrected chi connectivity index (χ0v) is 10.8. The standard InChI is InChI=1S/C11H9NO3S2/c1-5-3-4-7(16-5)10-12-8(11(14)15)9(17-10)6(2)13/h3-4H,1-2H3,(H,14,15). The Morgan fingerprint density at radius 2 is 2.00 bits per heavy atom. The van der Waals surface area contributed by atoms with Crippen molar-refractivity contribution >= 4 is 34.4 Å². The summed E-state index contributed by atoms with van der Waals surface area (Å²) in [6, 6.07) is 3.82. The highest BCUT2D eigenvalue weighted by molar-refractivity contribution is 7.22. The Labute approximate surface area is 106 Å². The highest BCUT2D eigenvalue weighted by Crippen LogP contribution is 2.33. The van der Waals surface area contributed by atoms with E-state index in [2.05, 4.69) is 4.98 Å². The van der Waals surface area contributed by atoms with Crippen LogP contribution in [0.15, 0.2) is 12.1 Å². The van der Waals surface area contributed by atoms with E-state index in [9.17, 15) is 9.59 Å². The Morgan fingerprint density at radius 3 is 2.41 bits per heavy atom. The van der Waals surface area contributed by atoms with Gasteiger partial charge >= 0.3 is 5.97 Å². The highest BCUT2D eigenvalue weighted by Gasteiger charge is 2.21. The van der Waals surface area contributed by atoms with Crippen LogP contribution < -0.4 is 0 Å². The van der Waals surface area contributed by atoms with Gasteiger partial charge in [-0.2, -0.15) is 0 Å². The predicted molar refractivity (Wildman–Crippen MR) is 67.1 cm³/mol. The van der Waals surface area contributed by atoms with Gasteiger partial charge in [-0.3, -0.25) is 4.79 Å².